The number of ether oxygens (including phenoxy) is 1. The second-order valence-electron chi connectivity index (χ2n) is 9.64. The van der Waals surface area contributed by atoms with E-state index in [9.17, 15) is 19.2 Å². The van der Waals surface area contributed by atoms with Crippen LogP contribution in [0.25, 0.3) is 0 Å². The van der Waals surface area contributed by atoms with E-state index < -0.39 is 46.9 Å². The first-order valence-corrected chi connectivity index (χ1v) is 11.7. The molecule has 6 heteroatoms. The number of benzene rings is 3. The van der Waals surface area contributed by atoms with Crippen LogP contribution >= 0.6 is 0 Å². The van der Waals surface area contributed by atoms with E-state index in [2.05, 4.69) is 0 Å². The largest absolute Gasteiger partial charge is 0.349 e. The highest BCUT2D eigenvalue weighted by Crippen LogP contribution is 2.57. The summed E-state index contributed by atoms with van der Waals surface area (Å²) in [6.45, 7) is 3.98. The molecule has 0 saturated carbocycles. The molecule has 2 fully saturated rings. The lowest BCUT2D eigenvalue weighted by Gasteiger charge is -2.27. The summed E-state index contributed by atoms with van der Waals surface area (Å²) in [5.41, 5.74) is 1.99. The van der Waals surface area contributed by atoms with Crippen molar-refractivity contribution in [2.24, 2.45) is 11.8 Å². The van der Waals surface area contributed by atoms with E-state index in [1.807, 2.05) is 62.4 Å². The quantitative estimate of drug-likeness (QED) is 0.432. The van der Waals surface area contributed by atoms with E-state index in [4.69, 9.17) is 4.74 Å². The monoisotopic (exact) mass is 465 g/mol. The van der Waals surface area contributed by atoms with Gasteiger partial charge in [0.1, 0.15) is 0 Å². The highest BCUT2D eigenvalue weighted by Gasteiger charge is 2.74. The molecule has 0 radical (unpaired) electrons. The van der Waals surface area contributed by atoms with Crippen LogP contribution in [-0.4, -0.2) is 33.9 Å². The van der Waals surface area contributed by atoms with E-state index in [1.54, 1.807) is 24.3 Å². The van der Waals surface area contributed by atoms with Gasteiger partial charge in [0.05, 0.1) is 24.5 Å². The summed E-state index contributed by atoms with van der Waals surface area (Å²) in [6.07, 6.45) is -0.887. The minimum absolute atomic E-state index is 0.0803. The van der Waals surface area contributed by atoms with Crippen LogP contribution in [0.1, 0.15) is 49.1 Å². The first-order chi connectivity index (χ1) is 16.8. The molecule has 0 aromatic heterocycles. The summed E-state index contributed by atoms with van der Waals surface area (Å²) in [5.74, 6) is -4.21. The summed E-state index contributed by atoms with van der Waals surface area (Å²) < 4.78 is 6.30. The van der Waals surface area contributed by atoms with Crippen LogP contribution < -0.4 is 0 Å². The molecule has 174 valence electrons. The second-order valence-corrected chi connectivity index (χ2v) is 9.64. The van der Waals surface area contributed by atoms with Crippen molar-refractivity contribution in [1.29, 1.82) is 0 Å². The van der Waals surface area contributed by atoms with Crippen molar-refractivity contribution in [3.05, 3.63) is 106 Å². The van der Waals surface area contributed by atoms with Crippen molar-refractivity contribution >= 4 is 23.4 Å². The summed E-state index contributed by atoms with van der Waals surface area (Å²) in [7, 11) is 0. The number of amides is 2. The average Bonchev–Trinajstić information content (AvgIpc) is 3.42. The molecule has 0 N–H and O–H groups in total. The third kappa shape index (κ3) is 2.93. The molecule has 1 spiro atoms. The molecule has 3 aromatic rings. The average molecular weight is 466 g/mol. The first-order valence-electron chi connectivity index (χ1n) is 11.7. The van der Waals surface area contributed by atoms with Crippen LogP contribution in [0.15, 0.2) is 72.8 Å². The summed E-state index contributed by atoms with van der Waals surface area (Å²) in [6, 6.07) is 21.5. The van der Waals surface area contributed by atoms with Crippen LogP contribution in [0.5, 0.6) is 0 Å². The number of fused-ring (bicyclic) bond motifs is 3. The number of hydrogen-bond donors (Lipinski definition) is 0. The maximum absolute atomic E-state index is 13.8. The summed E-state index contributed by atoms with van der Waals surface area (Å²) in [5, 5.41) is 0. The van der Waals surface area contributed by atoms with Gasteiger partial charge in [0.15, 0.2) is 0 Å². The van der Waals surface area contributed by atoms with E-state index in [0.717, 1.165) is 16.7 Å². The summed E-state index contributed by atoms with van der Waals surface area (Å²) >= 11 is 0. The van der Waals surface area contributed by atoms with Gasteiger partial charge in [-0.3, -0.25) is 24.1 Å². The molecule has 6 rings (SSSR count). The van der Waals surface area contributed by atoms with Gasteiger partial charge in [-0.05, 0) is 25.0 Å². The molecule has 2 amide bonds. The van der Waals surface area contributed by atoms with Crippen molar-refractivity contribution in [3.63, 3.8) is 0 Å². The molecule has 2 heterocycles. The molecule has 35 heavy (non-hydrogen) atoms. The smallest absolute Gasteiger partial charge is 0.237 e. The van der Waals surface area contributed by atoms with E-state index in [1.165, 1.54) is 4.90 Å². The molecular weight excluding hydrogens is 442 g/mol. The van der Waals surface area contributed by atoms with Crippen LogP contribution in [0.4, 0.5) is 0 Å². The Labute approximate surface area is 202 Å². The fourth-order valence-electron chi connectivity index (χ4n) is 5.67. The number of ketones is 2. The third-order valence-electron chi connectivity index (χ3n) is 7.48. The van der Waals surface area contributed by atoms with Gasteiger partial charge in [-0.2, -0.15) is 0 Å². The Kier molecular flexibility index (Phi) is 4.66. The Balaban J connectivity index is 1.48. The van der Waals surface area contributed by atoms with Crippen LogP contribution in [0.3, 0.4) is 0 Å². The van der Waals surface area contributed by atoms with Gasteiger partial charge < -0.3 is 4.74 Å². The van der Waals surface area contributed by atoms with Crippen molar-refractivity contribution < 1.29 is 23.9 Å². The molecule has 2 saturated heterocycles. The molecular formula is C29H23NO5. The van der Waals surface area contributed by atoms with Gasteiger partial charge in [-0.25, -0.2) is 0 Å². The van der Waals surface area contributed by atoms with Crippen molar-refractivity contribution in [2.75, 3.05) is 0 Å². The number of rotatable bonds is 3. The van der Waals surface area contributed by atoms with Crippen molar-refractivity contribution in [1.82, 2.24) is 4.90 Å². The van der Waals surface area contributed by atoms with Gasteiger partial charge in [0.25, 0.3) is 0 Å². The van der Waals surface area contributed by atoms with Gasteiger partial charge in [0.2, 0.25) is 29.0 Å². The highest BCUT2D eigenvalue weighted by atomic mass is 16.5. The molecule has 1 aliphatic carbocycles. The molecule has 0 bridgehead atoms. The van der Waals surface area contributed by atoms with Crippen LogP contribution in [0, 0.1) is 25.7 Å². The number of carbonyl (C=O) groups excluding carboxylic acids is 4. The predicted molar refractivity (Wildman–Crippen MR) is 127 cm³/mol. The Hall–Kier alpha value is -3.90. The lowest BCUT2D eigenvalue weighted by molar-refractivity contribution is -0.145. The lowest BCUT2D eigenvalue weighted by atomic mass is 9.77. The minimum atomic E-state index is -2.03. The summed E-state index contributed by atoms with van der Waals surface area (Å²) in [4.78, 5) is 56.2. The van der Waals surface area contributed by atoms with E-state index in [-0.39, 0.29) is 17.7 Å². The SMILES string of the molecule is Cc1ccc(CN2C(=O)[C@@H]3[C@@H](c4ccc(C)cc4)OC4(C(=O)c5ccccc5C4=O)[C@H]3C2=O)cc1. The maximum atomic E-state index is 13.8. The zero-order valence-corrected chi connectivity index (χ0v) is 19.4. The normalized spacial score (nSPS) is 24.4. The maximum Gasteiger partial charge on any atom is 0.237 e. The Morgan fingerprint density at radius 1 is 0.743 bits per heavy atom. The zero-order valence-electron chi connectivity index (χ0n) is 19.4. The number of hydrogen-bond acceptors (Lipinski definition) is 5. The number of likely N-dealkylation sites (tertiary alicyclic amines) is 1. The lowest BCUT2D eigenvalue weighted by Crippen LogP contribution is -2.50. The number of nitrogens with zero attached hydrogens (tertiary/aromatic N) is 1. The number of imide groups is 1. The molecule has 3 atom stereocenters. The molecule has 3 aliphatic rings. The first kappa shape index (κ1) is 21.6. The number of Topliss-reactive ketones (excluding diaryl/α,β-unsaturated/α-hetero) is 2. The highest BCUT2D eigenvalue weighted by molar-refractivity contribution is 6.35. The van der Waals surface area contributed by atoms with Crippen molar-refractivity contribution in [2.45, 2.75) is 32.1 Å². The minimum Gasteiger partial charge on any atom is -0.349 e. The van der Waals surface area contributed by atoms with E-state index in [0.29, 0.717) is 5.56 Å². The molecule has 2 aliphatic heterocycles. The number of aryl methyl sites for hydroxylation is 2. The Bertz CT molecular complexity index is 1370. The fraction of sp³-hybridized carbons (Fsp3) is 0.241. The predicted octanol–water partition coefficient (Wildman–Crippen LogP) is 3.99. The van der Waals surface area contributed by atoms with Gasteiger partial charge >= 0.3 is 0 Å². The van der Waals surface area contributed by atoms with Gasteiger partial charge in [-0.1, -0.05) is 83.9 Å². The van der Waals surface area contributed by atoms with E-state index >= 15 is 0 Å². The number of carbonyl (C=O) groups is 4. The molecule has 3 aromatic carbocycles. The Morgan fingerprint density at radius 3 is 1.86 bits per heavy atom. The van der Waals surface area contributed by atoms with Gasteiger partial charge in [-0.15, -0.1) is 0 Å². The van der Waals surface area contributed by atoms with Crippen LogP contribution in [-0.2, 0) is 20.9 Å². The second kappa shape index (κ2) is 7.55. The third-order valence-corrected chi connectivity index (χ3v) is 7.48. The fourth-order valence-corrected chi connectivity index (χ4v) is 5.67. The topological polar surface area (TPSA) is 80.8 Å². The van der Waals surface area contributed by atoms with Crippen LogP contribution in [0.2, 0.25) is 0 Å². The van der Waals surface area contributed by atoms with Crippen molar-refractivity contribution in [3.8, 4) is 0 Å². The van der Waals surface area contributed by atoms with Gasteiger partial charge in [0, 0.05) is 11.1 Å². The Morgan fingerprint density at radius 2 is 1.29 bits per heavy atom. The molecule has 6 nitrogen and oxygen atoms in total. The zero-order chi connectivity index (χ0) is 24.5. The standard InChI is InChI=1S/C29H23NO5/c1-16-7-11-18(12-8-16)15-30-27(33)22-23(28(30)34)29(35-24(22)19-13-9-17(2)10-14-19)25(31)20-5-3-4-6-21(20)26(29)32/h3-14,22-24H,15H2,1-2H3/t22-,23+,24+/m0/s1. The molecule has 0 unspecified atom stereocenters.